The summed E-state index contributed by atoms with van der Waals surface area (Å²) in [5, 5.41) is 2.71. The highest BCUT2D eigenvalue weighted by Gasteiger charge is 2.56. The number of aryl methyl sites for hydroxylation is 1. The molecule has 0 saturated carbocycles. The summed E-state index contributed by atoms with van der Waals surface area (Å²) < 4.78 is 5.78. The molecule has 3 atom stereocenters. The Balaban J connectivity index is 1.30. The summed E-state index contributed by atoms with van der Waals surface area (Å²) in [6, 6.07) is 23.5. The molecule has 1 saturated heterocycles. The summed E-state index contributed by atoms with van der Waals surface area (Å²) in [5.74, 6) is -1.68. The number of para-hydroxylation sites is 1. The molecule has 0 bridgehead atoms. The van der Waals surface area contributed by atoms with Crippen LogP contribution in [0.1, 0.15) is 21.9 Å². The fourth-order valence-electron chi connectivity index (χ4n) is 4.99. The van der Waals surface area contributed by atoms with Gasteiger partial charge in [0.05, 0.1) is 16.6 Å². The van der Waals surface area contributed by atoms with Crippen molar-refractivity contribution in [2.75, 3.05) is 16.8 Å². The zero-order valence-corrected chi connectivity index (χ0v) is 22.4. The molecule has 4 aromatic rings. The first kappa shape index (κ1) is 25.1. The number of ether oxygens (including phenoxy) is 1. The molecule has 2 N–H and O–H groups in total. The molecule has 3 aromatic carbocycles. The molecule has 196 valence electrons. The van der Waals surface area contributed by atoms with E-state index in [0.29, 0.717) is 22.2 Å². The average Bonchev–Trinajstić information content (AvgIpc) is 3.43. The molecular weight excluding hydrogens is 534 g/mol. The van der Waals surface area contributed by atoms with Crippen LogP contribution in [-0.2, 0) is 14.4 Å². The van der Waals surface area contributed by atoms with Crippen molar-refractivity contribution in [1.82, 2.24) is 4.98 Å². The van der Waals surface area contributed by atoms with Gasteiger partial charge < -0.3 is 15.0 Å². The molecule has 2 aliphatic rings. The molecule has 1 fully saturated rings. The second kappa shape index (κ2) is 10.2. The van der Waals surface area contributed by atoms with Crippen LogP contribution in [0, 0.1) is 12.8 Å². The maximum Gasteiger partial charge on any atom is 0.305 e. The summed E-state index contributed by atoms with van der Waals surface area (Å²) in [6.45, 7) is 1.74. The predicted molar refractivity (Wildman–Crippen MR) is 151 cm³/mol. The maximum atomic E-state index is 13.8. The van der Waals surface area contributed by atoms with Crippen molar-refractivity contribution in [3.8, 4) is 5.75 Å². The number of carbonyl (C=O) groups is 3. The van der Waals surface area contributed by atoms with Gasteiger partial charge in [-0.25, -0.2) is 4.90 Å². The number of H-pyrrole nitrogens is 1. The zero-order valence-electron chi connectivity index (χ0n) is 20.7. The van der Waals surface area contributed by atoms with E-state index in [4.69, 9.17) is 4.74 Å². The molecule has 2 aliphatic heterocycles. The van der Waals surface area contributed by atoms with Gasteiger partial charge in [-0.05, 0) is 48.9 Å². The minimum atomic E-state index is -0.695. The van der Waals surface area contributed by atoms with Crippen LogP contribution in [0.3, 0.4) is 0 Å². The smallest absolute Gasteiger partial charge is 0.305 e. The van der Waals surface area contributed by atoms with Crippen LogP contribution >= 0.6 is 23.1 Å². The van der Waals surface area contributed by atoms with Crippen LogP contribution in [0.2, 0.25) is 0 Å². The summed E-state index contributed by atoms with van der Waals surface area (Å²) in [5.41, 5.74) is 2.96. The van der Waals surface area contributed by atoms with E-state index in [9.17, 15) is 19.2 Å². The minimum Gasteiger partial charge on any atom is -0.484 e. The molecule has 2 unspecified atom stereocenters. The summed E-state index contributed by atoms with van der Waals surface area (Å²) in [6.07, 6.45) is 0. The number of hydrogen-bond donors (Lipinski definition) is 2. The van der Waals surface area contributed by atoms with E-state index in [0.717, 1.165) is 27.3 Å². The Labute approximate surface area is 232 Å². The fourth-order valence-corrected chi connectivity index (χ4v) is 7.50. The first-order chi connectivity index (χ1) is 18.9. The molecule has 6 rings (SSSR count). The van der Waals surface area contributed by atoms with Crippen LogP contribution in [-0.4, -0.2) is 34.6 Å². The largest absolute Gasteiger partial charge is 0.484 e. The number of aromatic amines is 1. The van der Waals surface area contributed by atoms with Crippen molar-refractivity contribution in [1.29, 1.82) is 0 Å². The lowest BCUT2D eigenvalue weighted by molar-refractivity contribution is -0.122. The van der Waals surface area contributed by atoms with Crippen LogP contribution in [0.25, 0.3) is 0 Å². The molecule has 0 aliphatic carbocycles. The van der Waals surface area contributed by atoms with Gasteiger partial charge in [0.25, 0.3) is 5.91 Å². The lowest BCUT2D eigenvalue weighted by Crippen LogP contribution is -2.32. The molecule has 0 radical (unpaired) electrons. The summed E-state index contributed by atoms with van der Waals surface area (Å²) in [4.78, 5) is 56.7. The van der Waals surface area contributed by atoms with Crippen molar-refractivity contribution < 1.29 is 19.1 Å². The number of rotatable bonds is 6. The van der Waals surface area contributed by atoms with Gasteiger partial charge in [-0.2, -0.15) is 0 Å². The number of imide groups is 1. The van der Waals surface area contributed by atoms with Crippen LogP contribution in [0.4, 0.5) is 11.4 Å². The number of anilines is 2. The van der Waals surface area contributed by atoms with Gasteiger partial charge in [-0.15, -0.1) is 0 Å². The van der Waals surface area contributed by atoms with Gasteiger partial charge in [0.15, 0.2) is 6.61 Å². The second-order valence-corrected chi connectivity index (χ2v) is 11.5. The molecule has 3 amide bonds. The van der Waals surface area contributed by atoms with Crippen LogP contribution < -0.4 is 19.8 Å². The van der Waals surface area contributed by atoms with Gasteiger partial charge in [0, 0.05) is 16.5 Å². The molecule has 0 spiro atoms. The summed E-state index contributed by atoms with van der Waals surface area (Å²) >= 11 is 2.29. The molecule has 3 heterocycles. The quantitative estimate of drug-likeness (QED) is 0.337. The van der Waals surface area contributed by atoms with E-state index in [1.807, 2.05) is 43.3 Å². The Morgan fingerprint density at radius 2 is 1.74 bits per heavy atom. The number of nitrogens with one attached hydrogen (secondary N) is 2. The first-order valence-electron chi connectivity index (χ1n) is 12.3. The first-order valence-corrected chi connectivity index (χ1v) is 14.0. The van der Waals surface area contributed by atoms with Gasteiger partial charge in [0.1, 0.15) is 11.0 Å². The Bertz CT molecular complexity index is 1630. The van der Waals surface area contributed by atoms with E-state index in [1.165, 1.54) is 16.7 Å². The molecule has 39 heavy (non-hydrogen) atoms. The molecule has 8 nitrogen and oxygen atoms in total. The predicted octanol–water partition coefficient (Wildman–Crippen LogP) is 4.56. The van der Waals surface area contributed by atoms with Crippen molar-refractivity contribution in [2.45, 2.75) is 23.1 Å². The minimum absolute atomic E-state index is 0.202. The number of nitrogens with zero attached hydrogens (tertiary/aromatic N) is 1. The lowest BCUT2D eigenvalue weighted by Gasteiger charge is -2.30. The van der Waals surface area contributed by atoms with E-state index in [-0.39, 0.29) is 29.2 Å². The third-order valence-corrected chi connectivity index (χ3v) is 9.16. The van der Waals surface area contributed by atoms with Crippen molar-refractivity contribution in [3.63, 3.8) is 0 Å². The SMILES string of the molecule is Cc1ccc(N2C(=O)C3Sc4[nH]c(=O)sc4[C@H](c4cccc(OCC(=O)Nc5ccccc5)c4)C3C2=O)cc1. The molecular formula is C29H23N3O5S2. The number of thiazole rings is 1. The topological polar surface area (TPSA) is 109 Å². The van der Waals surface area contributed by atoms with Crippen molar-refractivity contribution in [3.05, 3.63) is 105 Å². The van der Waals surface area contributed by atoms with Gasteiger partial charge in [0.2, 0.25) is 11.8 Å². The van der Waals surface area contributed by atoms with Crippen molar-refractivity contribution >= 4 is 52.2 Å². The monoisotopic (exact) mass is 557 g/mol. The number of thioether (sulfide) groups is 1. The number of fused-ring (bicyclic) bond motifs is 2. The lowest BCUT2D eigenvalue weighted by atomic mass is 9.83. The van der Waals surface area contributed by atoms with Crippen LogP contribution in [0.5, 0.6) is 5.75 Å². The normalized spacial score (nSPS) is 19.9. The highest BCUT2D eigenvalue weighted by molar-refractivity contribution is 8.00. The van der Waals surface area contributed by atoms with Crippen LogP contribution in [0.15, 0.2) is 88.7 Å². The fraction of sp³-hybridized carbons (Fsp3) is 0.172. The summed E-state index contributed by atoms with van der Waals surface area (Å²) in [7, 11) is 0. The number of amides is 3. The maximum absolute atomic E-state index is 13.8. The van der Waals surface area contributed by atoms with Gasteiger partial charge >= 0.3 is 4.87 Å². The van der Waals surface area contributed by atoms with E-state index in [1.54, 1.807) is 42.5 Å². The Morgan fingerprint density at radius 1 is 0.974 bits per heavy atom. The zero-order chi connectivity index (χ0) is 27.1. The van der Waals surface area contributed by atoms with E-state index < -0.39 is 17.1 Å². The third-order valence-electron chi connectivity index (χ3n) is 6.76. The number of hydrogen-bond acceptors (Lipinski definition) is 7. The average molecular weight is 558 g/mol. The van der Waals surface area contributed by atoms with E-state index >= 15 is 0 Å². The van der Waals surface area contributed by atoms with Crippen molar-refractivity contribution in [2.24, 2.45) is 5.92 Å². The molecule has 10 heteroatoms. The highest BCUT2D eigenvalue weighted by Crippen LogP contribution is 2.53. The number of benzene rings is 3. The second-order valence-electron chi connectivity index (χ2n) is 9.37. The highest BCUT2D eigenvalue weighted by atomic mass is 32.2. The number of carbonyl (C=O) groups excluding carboxylic acids is 3. The van der Waals surface area contributed by atoms with E-state index in [2.05, 4.69) is 10.3 Å². The molecule has 1 aromatic heterocycles. The Morgan fingerprint density at radius 3 is 2.51 bits per heavy atom. The standard InChI is InChI=1S/C29H23N3O5S2/c1-16-10-12-19(13-11-16)32-27(34)23-22(24-26(31-29(36)39-24)38-25(23)28(32)35)17-6-5-9-20(14-17)37-15-21(33)30-18-7-3-2-4-8-18/h2-14,22-23,25H,15H2,1H3,(H,30,33)(H,31,36)/t22-,23?,25?/m1/s1. The number of aromatic nitrogens is 1. The van der Waals surface area contributed by atoms with Gasteiger partial charge in [-0.1, -0.05) is 71.1 Å². The van der Waals surface area contributed by atoms with Gasteiger partial charge in [-0.3, -0.25) is 19.2 Å². The Kier molecular flexibility index (Phi) is 6.58. The Hall–Kier alpha value is -4.15. The third kappa shape index (κ3) is 4.77.